The Labute approximate surface area is 293 Å². The van der Waals surface area contributed by atoms with Crippen LogP contribution in [-0.4, -0.2) is 89.6 Å². The fourth-order valence-electron chi connectivity index (χ4n) is 7.92. The van der Waals surface area contributed by atoms with E-state index in [1.165, 1.54) is 34.8 Å². The molecule has 0 N–H and O–H groups in total. The quantitative estimate of drug-likeness (QED) is 0.257. The first kappa shape index (κ1) is 34.3. The molecule has 7 rings (SSSR count). The molecule has 0 bridgehead atoms. The van der Waals surface area contributed by atoms with E-state index in [9.17, 15) is 9.59 Å². The number of piperazine rings is 1. The number of likely N-dealkylation sites (tertiary alicyclic amines) is 1. The van der Waals surface area contributed by atoms with Crippen LogP contribution in [0.25, 0.3) is 27.7 Å². The lowest BCUT2D eigenvalue weighted by Crippen LogP contribution is -2.71. The van der Waals surface area contributed by atoms with Gasteiger partial charge in [0.05, 0.1) is 53.4 Å². The largest absolute Gasteiger partial charge is 0.496 e. The van der Waals surface area contributed by atoms with Crippen LogP contribution in [0.2, 0.25) is 0 Å². The summed E-state index contributed by atoms with van der Waals surface area (Å²) in [6.07, 6.45) is 2.79. The van der Waals surface area contributed by atoms with E-state index in [1.54, 1.807) is 35.9 Å². The fourth-order valence-corrected chi connectivity index (χ4v) is 7.92. The van der Waals surface area contributed by atoms with Gasteiger partial charge in [0.25, 0.3) is 11.5 Å². The predicted molar refractivity (Wildman–Crippen MR) is 189 cm³/mol. The molecule has 2 saturated heterocycles. The lowest BCUT2D eigenvalue weighted by atomic mass is 9.93. The summed E-state index contributed by atoms with van der Waals surface area (Å²) < 4.78 is 56.4. The molecule has 3 aliphatic rings. The highest BCUT2D eigenvalue weighted by atomic mass is 19.1. The number of benzene rings is 2. The molecule has 51 heavy (non-hydrogen) atoms. The average Bonchev–Trinajstić information content (AvgIpc) is 3.08. The molecule has 5 heterocycles. The number of aromatic nitrogens is 2. The van der Waals surface area contributed by atoms with Gasteiger partial charge < -0.3 is 19.4 Å². The number of ether oxygens (including phenoxy) is 1. The van der Waals surface area contributed by atoms with Crippen LogP contribution in [-0.2, 0) is 9.59 Å². The van der Waals surface area contributed by atoms with Crippen LogP contribution in [0.3, 0.4) is 0 Å². The van der Waals surface area contributed by atoms with Crippen molar-refractivity contribution < 1.29 is 27.5 Å². The van der Waals surface area contributed by atoms with Gasteiger partial charge in [-0.3, -0.25) is 28.8 Å². The molecule has 2 unspecified atom stereocenters. The predicted octanol–water partition coefficient (Wildman–Crippen LogP) is 5.16. The molecule has 0 spiro atoms. The van der Waals surface area contributed by atoms with Gasteiger partial charge in [-0.2, -0.15) is 0 Å². The molecule has 10 nitrogen and oxygen atoms in total. The molecule has 0 aliphatic carbocycles. The summed E-state index contributed by atoms with van der Waals surface area (Å²) in [6, 6.07) is 4.84. The number of hydrogen-bond donors (Lipinski definition) is 0. The maximum atomic E-state index is 17.6. The Bertz CT molecular complexity index is 2200. The zero-order chi connectivity index (χ0) is 36.6. The number of halogens is 3. The second-order valence-electron chi connectivity index (χ2n) is 13.9. The van der Waals surface area contributed by atoms with Gasteiger partial charge >= 0.3 is 0 Å². The molecule has 2 aromatic carbocycles. The van der Waals surface area contributed by atoms with Crippen LogP contribution in [0.15, 0.2) is 54.0 Å². The number of carbonyl (C=O) groups is 2. The number of methoxy groups -OCH3 is 1. The maximum Gasteiger partial charge on any atom is 0.281 e. The fraction of sp³-hybridized carbons (Fsp3) is 0.368. The molecule has 0 saturated carbocycles. The maximum absolute atomic E-state index is 17.6. The number of likely N-dealkylation sites (N-methyl/N-ethyl adjacent to an activating group) is 1. The van der Waals surface area contributed by atoms with Crippen LogP contribution >= 0.6 is 0 Å². The first-order valence-corrected chi connectivity index (χ1v) is 16.9. The third-order valence-electron chi connectivity index (χ3n) is 10.3. The second-order valence-corrected chi connectivity index (χ2v) is 13.9. The summed E-state index contributed by atoms with van der Waals surface area (Å²) in [5.41, 5.74) is -0.603. The van der Waals surface area contributed by atoms with Crippen molar-refractivity contribution in [1.82, 2.24) is 19.4 Å². The topological polar surface area (TPSA) is 91.2 Å². The van der Waals surface area contributed by atoms with Crippen LogP contribution in [0.5, 0.6) is 5.75 Å². The van der Waals surface area contributed by atoms with Gasteiger partial charge in [-0.15, -0.1) is 0 Å². The molecule has 4 aromatic rings. The normalized spacial score (nSPS) is 19.3. The van der Waals surface area contributed by atoms with Gasteiger partial charge in [-0.25, -0.2) is 13.2 Å². The SMILES string of the molecule is C=CC(=O)N1CC2C(=O)N(C3CN(C)C3)c3c(c4cc(F)c(-c5c(F)cccc5OC)c(F)c4n(-c4c(C)ccnc4C(C)C)c3=O)N2CC1C. The Balaban J connectivity index is 1.66. The molecule has 266 valence electrons. The van der Waals surface area contributed by atoms with E-state index in [2.05, 4.69) is 11.6 Å². The van der Waals surface area contributed by atoms with E-state index in [0.717, 1.165) is 12.1 Å². The molecule has 2 amide bonds. The Kier molecular flexibility index (Phi) is 8.44. The lowest BCUT2D eigenvalue weighted by Gasteiger charge is -2.53. The van der Waals surface area contributed by atoms with Crippen LogP contribution in [0.4, 0.5) is 24.5 Å². The summed E-state index contributed by atoms with van der Waals surface area (Å²) in [7, 11) is 3.16. The number of fused-ring (bicyclic) bond motifs is 5. The first-order valence-electron chi connectivity index (χ1n) is 16.9. The number of aryl methyl sites for hydroxylation is 1. The highest BCUT2D eigenvalue weighted by molar-refractivity contribution is 6.13. The van der Waals surface area contributed by atoms with Crippen LogP contribution < -0.4 is 20.1 Å². The van der Waals surface area contributed by atoms with Gasteiger partial charge in [0.2, 0.25) is 5.91 Å². The molecular formula is C38H39F3N6O4. The van der Waals surface area contributed by atoms with E-state index < -0.39 is 58.2 Å². The van der Waals surface area contributed by atoms with Crippen molar-refractivity contribution in [3.05, 3.63) is 88.2 Å². The van der Waals surface area contributed by atoms with E-state index in [4.69, 9.17) is 4.74 Å². The highest BCUT2D eigenvalue weighted by Gasteiger charge is 2.50. The number of rotatable bonds is 6. The van der Waals surface area contributed by atoms with Crippen LogP contribution in [0, 0.1) is 24.4 Å². The van der Waals surface area contributed by atoms with E-state index >= 15 is 18.0 Å². The van der Waals surface area contributed by atoms with Crippen LogP contribution in [0.1, 0.15) is 37.9 Å². The average molecular weight is 701 g/mol. The Morgan fingerprint density at radius 3 is 2.39 bits per heavy atom. The van der Waals surface area contributed by atoms with Crippen molar-refractivity contribution in [3.8, 4) is 22.6 Å². The molecule has 2 fully saturated rings. The van der Waals surface area contributed by atoms with Crippen molar-refractivity contribution in [2.75, 3.05) is 50.1 Å². The minimum absolute atomic E-state index is 0.00877. The van der Waals surface area contributed by atoms with E-state index in [-0.39, 0.29) is 58.6 Å². The van der Waals surface area contributed by atoms with Crippen molar-refractivity contribution in [2.45, 2.75) is 51.7 Å². The van der Waals surface area contributed by atoms with E-state index in [0.29, 0.717) is 24.3 Å². The van der Waals surface area contributed by atoms with Gasteiger partial charge in [0.1, 0.15) is 29.1 Å². The second kappa shape index (κ2) is 12.6. The molecular weight excluding hydrogens is 661 g/mol. The Morgan fingerprint density at radius 1 is 1.02 bits per heavy atom. The number of hydrogen-bond acceptors (Lipinski definition) is 7. The van der Waals surface area contributed by atoms with Gasteiger partial charge in [0, 0.05) is 37.3 Å². The number of anilines is 2. The van der Waals surface area contributed by atoms with Gasteiger partial charge in [-0.05, 0) is 62.7 Å². The number of carbonyl (C=O) groups excluding carboxylic acids is 2. The highest BCUT2D eigenvalue weighted by Crippen LogP contribution is 2.47. The van der Waals surface area contributed by atoms with Crippen molar-refractivity contribution >= 4 is 34.1 Å². The summed E-state index contributed by atoms with van der Waals surface area (Å²) in [5.74, 6) is -4.25. The third-order valence-corrected chi connectivity index (χ3v) is 10.3. The number of pyridine rings is 2. The summed E-state index contributed by atoms with van der Waals surface area (Å²) in [4.78, 5) is 54.2. The Hall–Kier alpha value is -5.17. The molecule has 2 atom stereocenters. The Morgan fingerprint density at radius 2 is 1.75 bits per heavy atom. The monoisotopic (exact) mass is 700 g/mol. The van der Waals surface area contributed by atoms with Gasteiger partial charge in [0.15, 0.2) is 5.82 Å². The smallest absolute Gasteiger partial charge is 0.281 e. The third kappa shape index (κ3) is 5.11. The molecule has 13 heteroatoms. The van der Waals surface area contributed by atoms with E-state index in [1.807, 2.05) is 25.8 Å². The van der Waals surface area contributed by atoms with Crippen molar-refractivity contribution in [3.63, 3.8) is 0 Å². The first-order chi connectivity index (χ1) is 24.3. The molecule has 3 aliphatic heterocycles. The molecule has 0 radical (unpaired) electrons. The number of amides is 2. The summed E-state index contributed by atoms with van der Waals surface area (Å²) in [6.45, 7) is 11.9. The minimum atomic E-state index is -1.18. The zero-order valence-corrected chi connectivity index (χ0v) is 29.3. The number of nitrogens with zero attached hydrogens (tertiary/aromatic N) is 6. The minimum Gasteiger partial charge on any atom is -0.496 e. The summed E-state index contributed by atoms with van der Waals surface area (Å²) >= 11 is 0. The van der Waals surface area contributed by atoms with Crippen molar-refractivity contribution in [2.24, 2.45) is 0 Å². The lowest BCUT2D eigenvalue weighted by molar-refractivity contribution is -0.131. The van der Waals surface area contributed by atoms with Crippen molar-refractivity contribution in [1.29, 1.82) is 0 Å². The van der Waals surface area contributed by atoms with Gasteiger partial charge in [-0.1, -0.05) is 26.5 Å². The summed E-state index contributed by atoms with van der Waals surface area (Å²) in [5, 5.41) is 0.0162. The standard InChI is InChI=1S/C38H39F3N6O4/c1-8-28(48)44-18-26-37(49)46(22-16-43(6)17-22)36-35(45(26)15-21(44)5)23-14-25(40)30(29-24(39)10-9-11-27(29)51-7)31(41)34(23)47(38(36)50)33-20(4)12-13-42-32(33)19(2)3/h8-14,19,21-22,26H,1,15-18H2,2-7H3. The zero-order valence-electron chi connectivity index (χ0n) is 29.3. The molecule has 2 aromatic heterocycles.